The van der Waals surface area contributed by atoms with Crippen molar-refractivity contribution in [2.75, 3.05) is 19.0 Å². The molecule has 0 saturated heterocycles. The van der Waals surface area contributed by atoms with Crippen LogP contribution < -0.4 is 4.90 Å². The Morgan fingerprint density at radius 3 is 1.63 bits per heavy atom. The minimum atomic E-state index is -0.181. The molecule has 5 rings (SSSR count). The van der Waals surface area contributed by atoms with Gasteiger partial charge in [0.25, 0.3) is 0 Å². The summed E-state index contributed by atoms with van der Waals surface area (Å²) in [5.74, 6) is -0.362. The van der Waals surface area contributed by atoms with Crippen molar-refractivity contribution in [2.45, 2.75) is 41.5 Å². The van der Waals surface area contributed by atoms with Crippen LogP contribution in [0.5, 0.6) is 0 Å². The molecule has 35 heavy (non-hydrogen) atoms. The van der Waals surface area contributed by atoms with Crippen molar-refractivity contribution in [2.24, 2.45) is 0 Å². The molecule has 0 fully saturated rings. The monoisotopic (exact) mass is 461 g/mol. The van der Waals surface area contributed by atoms with Gasteiger partial charge in [0.15, 0.2) is 11.6 Å². The average molecular weight is 462 g/mol. The molecule has 0 saturated carbocycles. The zero-order valence-corrected chi connectivity index (χ0v) is 21.8. The summed E-state index contributed by atoms with van der Waals surface area (Å²) in [6, 6.07) is 11.6. The van der Waals surface area contributed by atoms with E-state index in [9.17, 15) is 9.59 Å². The Morgan fingerprint density at radius 1 is 0.629 bits per heavy atom. The maximum atomic E-state index is 13.4. The molecule has 4 aromatic rings. The van der Waals surface area contributed by atoms with Crippen LogP contribution >= 0.6 is 0 Å². The molecule has 0 aliphatic heterocycles. The number of carbonyl (C=O) groups excluding carboxylic acids is 2. The van der Waals surface area contributed by atoms with Gasteiger partial charge in [-0.1, -0.05) is 24.3 Å². The predicted octanol–water partition coefficient (Wildman–Crippen LogP) is 7.37. The minimum Gasteiger partial charge on any atom is -0.377 e. The predicted molar refractivity (Wildman–Crippen MR) is 147 cm³/mol. The highest BCUT2D eigenvalue weighted by atomic mass is 16.2. The minimum absolute atomic E-state index is 0.181. The van der Waals surface area contributed by atoms with E-state index in [1.165, 1.54) is 38.7 Å². The number of rotatable bonds is 2. The Labute approximate surface area is 207 Å². The summed E-state index contributed by atoms with van der Waals surface area (Å²) >= 11 is 0. The van der Waals surface area contributed by atoms with Crippen LogP contribution in [0.25, 0.3) is 27.6 Å². The first kappa shape index (κ1) is 23.0. The normalized spacial score (nSPS) is 13.2. The van der Waals surface area contributed by atoms with Crippen LogP contribution in [-0.4, -0.2) is 25.7 Å². The number of benzene rings is 4. The van der Waals surface area contributed by atoms with Crippen molar-refractivity contribution in [1.29, 1.82) is 0 Å². The van der Waals surface area contributed by atoms with Gasteiger partial charge in [-0.3, -0.25) is 9.59 Å². The van der Waals surface area contributed by atoms with E-state index >= 15 is 0 Å². The summed E-state index contributed by atoms with van der Waals surface area (Å²) in [7, 11) is 4.18. The number of carbonyl (C=O) groups is 2. The van der Waals surface area contributed by atoms with Crippen LogP contribution in [0.4, 0.5) is 5.69 Å². The molecule has 0 unspecified atom stereocenters. The lowest BCUT2D eigenvalue weighted by Gasteiger charge is -2.26. The summed E-state index contributed by atoms with van der Waals surface area (Å²) in [5, 5.41) is 4.44. The van der Waals surface area contributed by atoms with Gasteiger partial charge in [0.05, 0.1) is 5.57 Å². The molecule has 0 spiro atoms. The van der Waals surface area contributed by atoms with Crippen molar-refractivity contribution >= 4 is 44.9 Å². The molecule has 4 aromatic carbocycles. The topological polar surface area (TPSA) is 37.4 Å². The fraction of sp³-hybridized carbons (Fsp3) is 0.250. The van der Waals surface area contributed by atoms with Crippen LogP contribution in [-0.2, 0) is 0 Å². The number of hydrogen-bond acceptors (Lipinski definition) is 3. The summed E-state index contributed by atoms with van der Waals surface area (Å²) in [5.41, 5.74) is 10.7. The number of allylic oxidation sites excluding steroid dienone is 1. The molecule has 0 aromatic heterocycles. The zero-order chi connectivity index (χ0) is 25.3. The maximum Gasteiger partial charge on any atom is 0.197 e. The quantitative estimate of drug-likeness (QED) is 0.231. The molecule has 3 nitrogen and oxygen atoms in total. The van der Waals surface area contributed by atoms with Gasteiger partial charge in [-0.2, -0.15) is 0 Å². The number of ketones is 2. The Balaban J connectivity index is 1.78. The number of hydrogen-bond donors (Lipinski definition) is 0. The number of nitrogens with zero attached hydrogens (tertiary/aromatic N) is 1. The maximum absolute atomic E-state index is 13.4. The Morgan fingerprint density at radius 2 is 1.11 bits per heavy atom. The Hall–Kier alpha value is -3.72. The van der Waals surface area contributed by atoms with E-state index in [-0.39, 0.29) is 17.1 Å². The van der Waals surface area contributed by atoms with Crippen LogP contribution in [0.15, 0.2) is 42.0 Å². The van der Waals surface area contributed by atoms with Gasteiger partial charge < -0.3 is 4.90 Å². The highest BCUT2D eigenvalue weighted by molar-refractivity contribution is 6.42. The van der Waals surface area contributed by atoms with E-state index in [0.29, 0.717) is 11.1 Å². The first-order valence-corrected chi connectivity index (χ1v) is 12.1. The van der Waals surface area contributed by atoms with E-state index in [2.05, 4.69) is 60.5 Å². The third-order valence-electron chi connectivity index (χ3n) is 7.99. The van der Waals surface area contributed by atoms with Crippen molar-refractivity contribution in [3.63, 3.8) is 0 Å². The van der Waals surface area contributed by atoms with Crippen LogP contribution in [0, 0.1) is 41.5 Å². The van der Waals surface area contributed by atoms with Gasteiger partial charge in [-0.25, -0.2) is 0 Å². The van der Waals surface area contributed by atoms with Gasteiger partial charge >= 0.3 is 0 Å². The van der Waals surface area contributed by atoms with Crippen molar-refractivity contribution in [1.82, 2.24) is 0 Å². The van der Waals surface area contributed by atoms with Gasteiger partial charge in [0, 0.05) is 30.9 Å². The van der Waals surface area contributed by atoms with Crippen molar-refractivity contribution in [3.05, 3.63) is 92.0 Å². The molecule has 0 N–H and O–H groups in total. The molecule has 0 heterocycles. The second-order valence-electron chi connectivity index (χ2n) is 10.1. The number of Topliss-reactive ketones (excluding diaryl/α,β-unsaturated/α-hetero) is 2. The fourth-order valence-electron chi connectivity index (χ4n) is 6.05. The molecule has 1 aliphatic rings. The third-order valence-corrected chi connectivity index (χ3v) is 7.99. The van der Waals surface area contributed by atoms with E-state index < -0.39 is 0 Å². The molecule has 0 radical (unpaired) electrons. The van der Waals surface area contributed by atoms with Crippen LogP contribution in [0.3, 0.4) is 0 Å². The lowest BCUT2D eigenvalue weighted by Crippen LogP contribution is -2.14. The van der Waals surface area contributed by atoms with E-state index in [1.807, 2.05) is 42.5 Å². The number of anilines is 1. The molecular formula is C32H31NO2. The van der Waals surface area contributed by atoms with E-state index in [1.54, 1.807) is 0 Å². The summed E-state index contributed by atoms with van der Waals surface area (Å²) in [6.07, 6.45) is 1.84. The molecule has 1 aliphatic carbocycles. The van der Waals surface area contributed by atoms with Gasteiger partial charge in [0.2, 0.25) is 0 Å². The van der Waals surface area contributed by atoms with Gasteiger partial charge in [0.1, 0.15) is 0 Å². The lowest BCUT2D eigenvalue weighted by atomic mass is 9.83. The smallest absolute Gasteiger partial charge is 0.197 e. The van der Waals surface area contributed by atoms with Crippen LogP contribution in [0.2, 0.25) is 0 Å². The number of fused-ring (bicyclic) bond motifs is 3. The van der Waals surface area contributed by atoms with Crippen LogP contribution in [0.1, 0.15) is 59.7 Å². The second kappa shape index (κ2) is 7.91. The molecule has 176 valence electrons. The molecular weight excluding hydrogens is 430 g/mol. The Bertz CT molecular complexity index is 1590. The molecule has 3 heteroatoms. The van der Waals surface area contributed by atoms with Gasteiger partial charge in [-0.05, 0) is 120 Å². The lowest BCUT2D eigenvalue weighted by molar-refractivity contribution is 0.0990. The number of aryl methyl sites for hydroxylation is 4. The summed E-state index contributed by atoms with van der Waals surface area (Å²) < 4.78 is 0. The van der Waals surface area contributed by atoms with Gasteiger partial charge in [-0.15, -0.1) is 0 Å². The standard InChI is InChI=1S/C32H31NO2/c1-16-17(2)29-21(6)30(33(7)8)19(4)18(3)28(29)20(5)24(16)15-27-31(34)25-13-22-11-9-10-12-23(22)14-26(25)32(27)35/h9-15H,1-8H3. The summed E-state index contributed by atoms with van der Waals surface area (Å²) in [6.45, 7) is 12.9. The third kappa shape index (κ3) is 3.18. The van der Waals surface area contributed by atoms with Crippen molar-refractivity contribution < 1.29 is 9.59 Å². The van der Waals surface area contributed by atoms with E-state index in [4.69, 9.17) is 0 Å². The Kier molecular flexibility index (Phi) is 5.21. The first-order chi connectivity index (χ1) is 16.5. The molecule has 0 atom stereocenters. The average Bonchev–Trinajstić information content (AvgIpc) is 3.04. The first-order valence-electron chi connectivity index (χ1n) is 12.1. The SMILES string of the molecule is Cc1c(N(C)C)c(C)c2c(C)c(C)c(C=C3C(=O)c4cc5ccccc5cc4C3=O)c(C)c2c1C. The summed E-state index contributed by atoms with van der Waals surface area (Å²) in [4.78, 5) is 29.0. The molecule has 0 amide bonds. The van der Waals surface area contributed by atoms with E-state index in [0.717, 1.165) is 27.5 Å². The fourth-order valence-corrected chi connectivity index (χ4v) is 6.05. The zero-order valence-electron chi connectivity index (χ0n) is 21.8. The highest BCUT2D eigenvalue weighted by Gasteiger charge is 2.34. The molecule has 0 bridgehead atoms. The second-order valence-corrected chi connectivity index (χ2v) is 10.1. The largest absolute Gasteiger partial charge is 0.377 e. The van der Waals surface area contributed by atoms with Crippen molar-refractivity contribution in [3.8, 4) is 0 Å². The highest BCUT2D eigenvalue weighted by Crippen LogP contribution is 2.41.